The molecule has 0 radical (unpaired) electrons. The van der Waals surface area contributed by atoms with Crippen LogP contribution >= 0.6 is 11.8 Å². The van der Waals surface area contributed by atoms with Gasteiger partial charge >= 0.3 is 18.0 Å². The van der Waals surface area contributed by atoms with Crippen molar-refractivity contribution in [2.24, 2.45) is 0 Å². The molecule has 0 fully saturated rings. The standard InChI is InChI=1S/C11H20N2O5S/c1-18-9(14)5-4-8(10(15)16)13-11(17)12-6-3-7-19-2/h8H,3-7H2,1-2H3,(H,15,16)(H2,12,13,17)/t8-/m1/s1. The van der Waals surface area contributed by atoms with Crippen LogP contribution in [-0.4, -0.2) is 54.8 Å². The Hall–Kier alpha value is -1.44. The second-order valence-electron chi connectivity index (χ2n) is 3.75. The second kappa shape index (κ2) is 10.5. The zero-order chi connectivity index (χ0) is 14.7. The molecule has 0 aromatic carbocycles. The summed E-state index contributed by atoms with van der Waals surface area (Å²) in [7, 11) is 1.23. The van der Waals surface area contributed by atoms with E-state index >= 15 is 0 Å². The molecule has 0 bridgehead atoms. The van der Waals surface area contributed by atoms with Gasteiger partial charge in [-0.1, -0.05) is 0 Å². The number of nitrogens with one attached hydrogen (secondary N) is 2. The maximum absolute atomic E-state index is 11.4. The van der Waals surface area contributed by atoms with Gasteiger partial charge in [0, 0.05) is 13.0 Å². The van der Waals surface area contributed by atoms with E-state index in [0.717, 1.165) is 12.2 Å². The minimum Gasteiger partial charge on any atom is -0.480 e. The Balaban J connectivity index is 4.01. The molecule has 0 aromatic heterocycles. The number of carbonyl (C=O) groups is 3. The second-order valence-corrected chi connectivity index (χ2v) is 4.74. The molecule has 8 heteroatoms. The molecule has 3 N–H and O–H groups in total. The van der Waals surface area contributed by atoms with Gasteiger partial charge in [0.1, 0.15) is 6.04 Å². The molecule has 0 aliphatic carbocycles. The smallest absolute Gasteiger partial charge is 0.326 e. The van der Waals surface area contributed by atoms with Crippen LogP contribution in [-0.2, 0) is 14.3 Å². The Morgan fingerprint density at radius 2 is 2.05 bits per heavy atom. The first kappa shape index (κ1) is 17.6. The maximum atomic E-state index is 11.4. The van der Waals surface area contributed by atoms with Gasteiger partial charge in [0.05, 0.1) is 7.11 Å². The normalized spacial score (nSPS) is 11.5. The zero-order valence-corrected chi connectivity index (χ0v) is 11.9. The van der Waals surface area contributed by atoms with Gasteiger partial charge in [-0.2, -0.15) is 11.8 Å². The van der Waals surface area contributed by atoms with Crippen molar-refractivity contribution in [1.82, 2.24) is 10.6 Å². The number of hydrogen-bond acceptors (Lipinski definition) is 5. The van der Waals surface area contributed by atoms with Crippen molar-refractivity contribution in [3.63, 3.8) is 0 Å². The van der Waals surface area contributed by atoms with Gasteiger partial charge in [0.25, 0.3) is 0 Å². The van der Waals surface area contributed by atoms with E-state index in [1.165, 1.54) is 7.11 Å². The van der Waals surface area contributed by atoms with Crippen molar-refractivity contribution >= 4 is 29.7 Å². The Morgan fingerprint density at radius 1 is 1.37 bits per heavy atom. The van der Waals surface area contributed by atoms with Crippen LogP contribution in [0.1, 0.15) is 19.3 Å². The summed E-state index contributed by atoms with van der Waals surface area (Å²) in [4.78, 5) is 33.3. The number of thioether (sulfide) groups is 1. The summed E-state index contributed by atoms with van der Waals surface area (Å²) >= 11 is 1.67. The largest absolute Gasteiger partial charge is 0.480 e. The molecular formula is C11H20N2O5S. The number of esters is 1. The Morgan fingerprint density at radius 3 is 2.58 bits per heavy atom. The highest BCUT2D eigenvalue weighted by Gasteiger charge is 2.20. The molecule has 0 spiro atoms. The molecule has 0 saturated heterocycles. The van der Waals surface area contributed by atoms with Gasteiger partial charge in [-0.25, -0.2) is 9.59 Å². The molecule has 7 nitrogen and oxygen atoms in total. The Kier molecular flexibility index (Phi) is 9.69. The van der Waals surface area contributed by atoms with Crippen LogP contribution in [0.5, 0.6) is 0 Å². The van der Waals surface area contributed by atoms with E-state index in [2.05, 4.69) is 15.4 Å². The number of aliphatic carboxylic acids is 1. The van der Waals surface area contributed by atoms with Crippen LogP contribution in [0.2, 0.25) is 0 Å². The number of ether oxygens (including phenoxy) is 1. The van der Waals surface area contributed by atoms with Crippen molar-refractivity contribution in [2.45, 2.75) is 25.3 Å². The van der Waals surface area contributed by atoms with Crippen LogP contribution in [0.25, 0.3) is 0 Å². The molecule has 0 aromatic rings. The number of amides is 2. The maximum Gasteiger partial charge on any atom is 0.326 e. The van der Waals surface area contributed by atoms with Gasteiger partial charge < -0.3 is 20.5 Å². The lowest BCUT2D eigenvalue weighted by atomic mass is 10.1. The van der Waals surface area contributed by atoms with Crippen LogP contribution in [0, 0.1) is 0 Å². The fourth-order valence-electron chi connectivity index (χ4n) is 1.25. The summed E-state index contributed by atoms with van der Waals surface area (Å²) in [6, 6.07) is -1.64. The molecule has 0 saturated carbocycles. The predicted octanol–water partition coefficient (Wildman–Crippen LogP) is 0.445. The molecule has 19 heavy (non-hydrogen) atoms. The average Bonchev–Trinajstić information content (AvgIpc) is 2.38. The molecule has 0 unspecified atom stereocenters. The fourth-order valence-corrected chi connectivity index (χ4v) is 1.68. The highest BCUT2D eigenvalue weighted by atomic mass is 32.2. The average molecular weight is 292 g/mol. The number of hydrogen-bond donors (Lipinski definition) is 3. The molecule has 110 valence electrons. The lowest BCUT2D eigenvalue weighted by Crippen LogP contribution is -2.46. The van der Waals surface area contributed by atoms with Crippen molar-refractivity contribution < 1.29 is 24.2 Å². The van der Waals surface area contributed by atoms with Crippen molar-refractivity contribution in [3.8, 4) is 0 Å². The Bertz CT molecular complexity index is 311. The van der Waals surface area contributed by atoms with E-state index in [1.807, 2.05) is 6.26 Å². The number of rotatable bonds is 9. The van der Waals surface area contributed by atoms with Crippen LogP contribution < -0.4 is 10.6 Å². The van der Waals surface area contributed by atoms with Crippen molar-refractivity contribution in [3.05, 3.63) is 0 Å². The van der Waals surface area contributed by atoms with E-state index in [1.54, 1.807) is 11.8 Å². The third kappa shape index (κ3) is 9.18. The summed E-state index contributed by atoms with van der Waals surface area (Å²) < 4.78 is 4.41. The first-order valence-corrected chi connectivity index (χ1v) is 7.23. The summed E-state index contributed by atoms with van der Waals surface area (Å²) in [5.74, 6) is -0.762. The predicted molar refractivity (Wildman–Crippen MR) is 72.2 cm³/mol. The minimum absolute atomic E-state index is 0.000237. The number of urea groups is 1. The topological polar surface area (TPSA) is 105 Å². The van der Waals surface area contributed by atoms with E-state index < -0.39 is 24.0 Å². The third-order valence-corrected chi connectivity index (χ3v) is 2.98. The van der Waals surface area contributed by atoms with Crippen LogP contribution in [0.15, 0.2) is 0 Å². The number of methoxy groups -OCH3 is 1. The van der Waals surface area contributed by atoms with E-state index in [9.17, 15) is 14.4 Å². The monoisotopic (exact) mass is 292 g/mol. The van der Waals surface area contributed by atoms with E-state index in [0.29, 0.717) is 6.54 Å². The van der Waals surface area contributed by atoms with Gasteiger partial charge in [-0.3, -0.25) is 4.79 Å². The molecular weight excluding hydrogens is 272 g/mol. The quantitative estimate of drug-likeness (QED) is 0.421. The summed E-state index contributed by atoms with van der Waals surface area (Å²) in [5.41, 5.74) is 0. The first-order chi connectivity index (χ1) is 9.01. The van der Waals surface area contributed by atoms with Gasteiger partial charge in [0.2, 0.25) is 0 Å². The number of carboxylic acid groups (broad SMARTS) is 1. The summed E-state index contributed by atoms with van der Waals surface area (Å²) in [6.45, 7) is 0.482. The zero-order valence-electron chi connectivity index (χ0n) is 11.1. The molecule has 1 atom stereocenters. The van der Waals surface area contributed by atoms with E-state index in [4.69, 9.17) is 5.11 Å². The molecule has 2 amide bonds. The lowest BCUT2D eigenvalue weighted by Gasteiger charge is -2.14. The summed E-state index contributed by atoms with van der Waals surface area (Å²) in [6.07, 6.45) is 2.72. The van der Waals surface area contributed by atoms with Crippen molar-refractivity contribution in [2.75, 3.05) is 25.7 Å². The lowest BCUT2D eigenvalue weighted by molar-refractivity contribution is -0.142. The Labute approximate surface area is 116 Å². The summed E-state index contributed by atoms with van der Waals surface area (Å²) in [5, 5.41) is 13.8. The molecule has 0 aliphatic rings. The SMILES string of the molecule is COC(=O)CC[C@@H](NC(=O)NCCCSC)C(=O)O. The molecule has 0 aliphatic heterocycles. The third-order valence-electron chi connectivity index (χ3n) is 2.28. The van der Waals surface area contributed by atoms with Gasteiger partial charge in [-0.05, 0) is 24.9 Å². The number of carbonyl (C=O) groups excluding carboxylic acids is 2. The molecule has 0 rings (SSSR count). The van der Waals surface area contributed by atoms with Crippen LogP contribution in [0.3, 0.4) is 0 Å². The highest BCUT2D eigenvalue weighted by Crippen LogP contribution is 1.99. The van der Waals surface area contributed by atoms with Crippen molar-refractivity contribution in [1.29, 1.82) is 0 Å². The first-order valence-electron chi connectivity index (χ1n) is 5.84. The van der Waals surface area contributed by atoms with Crippen LogP contribution in [0.4, 0.5) is 4.79 Å². The minimum atomic E-state index is -1.18. The highest BCUT2D eigenvalue weighted by molar-refractivity contribution is 7.98. The molecule has 0 heterocycles. The van der Waals surface area contributed by atoms with E-state index in [-0.39, 0.29) is 12.8 Å². The van der Waals surface area contributed by atoms with Gasteiger partial charge in [-0.15, -0.1) is 0 Å². The fraction of sp³-hybridized carbons (Fsp3) is 0.727. The number of carboxylic acids is 1. The van der Waals surface area contributed by atoms with Gasteiger partial charge in [0.15, 0.2) is 0 Å².